The fraction of sp³-hybridized carbons (Fsp3) is 0.609. The van der Waals surface area contributed by atoms with E-state index in [4.69, 9.17) is 0 Å². The predicted molar refractivity (Wildman–Crippen MR) is 110 cm³/mol. The topological polar surface area (TPSA) is 60.9 Å². The van der Waals surface area contributed by atoms with E-state index < -0.39 is 0 Å². The quantitative estimate of drug-likeness (QED) is 0.784. The number of piperidine rings is 2. The Morgan fingerprint density at radius 2 is 1.66 bits per heavy atom. The van der Waals surface area contributed by atoms with Gasteiger partial charge in [-0.05, 0) is 50.7 Å². The Hall–Kier alpha value is -2.37. The van der Waals surface area contributed by atoms with Gasteiger partial charge in [0, 0.05) is 56.7 Å². The molecule has 3 amide bonds. The van der Waals surface area contributed by atoms with E-state index in [9.17, 15) is 14.4 Å². The van der Waals surface area contributed by atoms with Gasteiger partial charge in [0.1, 0.15) is 0 Å². The molecule has 3 aliphatic heterocycles. The molecule has 3 saturated heterocycles. The molecule has 0 spiro atoms. The summed E-state index contributed by atoms with van der Waals surface area (Å²) in [6.07, 6.45) is 6.19. The second-order valence-corrected chi connectivity index (χ2v) is 8.56. The van der Waals surface area contributed by atoms with Gasteiger partial charge in [0.25, 0.3) is 5.91 Å². The summed E-state index contributed by atoms with van der Waals surface area (Å²) >= 11 is 0. The predicted octanol–water partition coefficient (Wildman–Crippen LogP) is 2.54. The monoisotopic (exact) mass is 397 g/mol. The van der Waals surface area contributed by atoms with E-state index in [1.165, 1.54) is 0 Å². The normalized spacial score (nSPS) is 23.5. The first kappa shape index (κ1) is 19.9. The molecule has 1 aromatic rings. The van der Waals surface area contributed by atoms with Crippen LogP contribution in [0.15, 0.2) is 30.3 Å². The molecule has 4 rings (SSSR count). The van der Waals surface area contributed by atoms with Crippen molar-refractivity contribution in [2.75, 3.05) is 32.7 Å². The molecule has 6 nitrogen and oxygen atoms in total. The van der Waals surface area contributed by atoms with Crippen LogP contribution in [0.5, 0.6) is 0 Å². The lowest BCUT2D eigenvalue weighted by Crippen LogP contribution is -2.53. The molecule has 29 heavy (non-hydrogen) atoms. The second-order valence-electron chi connectivity index (χ2n) is 8.56. The Labute approximate surface area is 172 Å². The largest absolute Gasteiger partial charge is 0.341 e. The highest BCUT2D eigenvalue weighted by Gasteiger charge is 2.36. The summed E-state index contributed by atoms with van der Waals surface area (Å²) in [5, 5.41) is 0. The van der Waals surface area contributed by atoms with Crippen molar-refractivity contribution in [2.24, 2.45) is 5.92 Å². The third kappa shape index (κ3) is 4.46. The molecule has 1 aromatic carbocycles. The molecule has 0 N–H and O–H groups in total. The first-order chi connectivity index (χ1) is 14.1. The third-order valence-corrected chi connectivity index (χ3v) is 6.66. The number of benzene rings is 1. The van der Waals surface area contributed by atoms with Gasteiger partial charge in [-0.25, -0.2) is 0 Å². The molecular formula is C23H31N3O3. The molecule has 3 aliphatic rings. The zero-order valence-corrected chi connectivity index (χ0v) is 17.1. The number of amides is 3. The molecule has 0 saturated carbocycles. The summed E-state index contributed by atoms with van der Waals surface area (Å²) in [4.78, 5) is 43.8. The van der Waals surface area contributed by atoms with E-state index in [0.29, 0.717) is 31.6 Å². The minimum atomic E-state index is -0.00953. The van der Waals surface area contributed by atoms with Gasteiger partial charge in [-0.3, -0.25) is 14.4 Å². The van der Waals surface area contributed by atoms with E-state index >= 15 is 0 Å². The van der Waals surface area contributed by atoms with Gasteiger partial charge < -0.3 is 14.7 Å². The van der Waals surface area contributed by atoms with Crippen molar-refractivity contribution >= 4 is 17.7 Å². The number of hydrogen-bond donors (Lipinski definition) is 0. The van der Waals surface area contributed by atoms with Crippen LogP contribution in [0.25, 0.3) is 0 Å². The lowest BCUT2D eigenvalue weighted by molar-refractivity contribution is -0.142. The van der Waals surface area contributed by atoms with Crippen LogP contribution in [-0.2, 0) is 9.59 Å². The van der Waals surface area contributed by atoms with E-state index in [0.717, 1.165) is 51.6 Å². The van der Waals surface area contributed by atoms with E-state index in [2.05, 4.69) is 4.90 Å². The summed E-state index contributed by atoms with van der Waals surface area (Å²) in [6.45, 7) is 3.59. The summed E-state index contributed by atoms with van der Waals surface area (Å²) in [6, 6.07) is 9.51. The molecule has 0 aliphatic carbocycles. The SMILES string of the molecule is O=C1CCCN1CC1CCCCN1C(=O)C1CCN(C(=O)c2ccccc2)CC1. The zero-order valence-electron chi connectivity index (χ0n) is 17.1. The Morgan fingerprint density at radius 3 is 2.34 bits per heavy atom. The van der Waals surface area contributed by atoms with Crippen LogP contribution in [0, 0.1) is 5.92 Å². The fourth-order valence-electron chi connectivity index (χ4n) is 4.96. The van der Waals surface area contributed by atoms with Gasteiger partial charge in [0.2, 0.25) is 11.8 Å². The molecular weight excluding hydrogens is 366 g/mol. The highest BCUT2D eigenvalue weighted by molar-refractivity contribution is 5.94. The average Bonchev–Trinajstić information content (AvgIpc) is 3.18. The number of rotatable bonds is 4. The number of carbonyl (C=O) groups is 3. The van der Waals surface area contributed by atoms with Crippen LogP contribution >= 0.6 is 0 Å². The number of carbonyl (C=O) groups excluding carboxylic acids is 3. The van der Waals surface area contributed by atoms with Crippen molar-refractivity contribution in [1.29, 1.82) is 0 Å². The minimum absolute atomic E-state index is 0.00953. The Bertz CT molecular complexity index is 743. The summed E-state index contributed by atoms with van der Waals surface area (Å²) < 4.78 is 0. The van der Waals surface area contributed by atoms with Crippen molar-refractivity contribution in [2.45, 2.75) is 51.0 Å². The highest BCUT2D eigenvalue weighted by atomic mass is 16.2. The number of hydrogen-bond acceptors (Lipinski definition) is 3. The van der Waals surface area contributed by atoms with Crippen LogP contribution in [0.3, 0.4) is 0 Å². The maximum Gasteiger partial charge on any atom is 0.253 e. The fourth-order valence-corrected chi connectivity index (χ4v) is 4.96. The molecule has 0 aromatic heterocycles. The maximum absolute atomic E-state index is 13.3. The van der Waals surface area contributed by atoms with Gasteiger partial charge in [-0.15, -0.1) is 0 Å². The number of likely N-dealkylation sites (tertiary alicyclic amines) is 3. The maximum atomic E-state index is 13.3. The molecule has 0 bridgehead atoms. The Morgan fingerprint density at radius 1 is 0.897 bits per heavy atom. The van der Waals surface area contributed by atoms with Gasteiger partial charge >= 0.3 is 0 Å². The van der Waals surface area contributed by atoms with Gasteiger partial charge in [-0.2, -0.15) is 0 Å². The van der Waals surface area contributed by atoms with Gasteiger partial charge in [0.15, 0.2) is 0 Å². The van der Waals surface area contributed by atoms with Crippen molar-refractivity contribution in [3.8, 4) is 0 Å². The van der Waals surface area contributed by atoms with Gasteiger partial charge in [0.05, 0.1) is 0 Å². The molecule has 156 valence electrons. The van der Waals surface area contributed by atoms with Crippen molar-refractivity contribution in [3.63, 3.8) is 0 Å². The van der Waals surface area contributed by atoms with Crippen molar-refractivity contribution in [3.05, 3.63) is 35.9 Å². The smallest absolute Gasteiger partial charge is 0.253 e. The first-order valence-electron chi connectivity index (χ1n) is 11.1. The third-order valence-electron chi connectivity index (χ3n) is 6.66. The molecule has 1 atom stereocenters. The molecule has 6 heteroatoms. The highest BCUT2D eigenvalue weighted by Crippen LogP contribution is 2.27. The second kappa shape index (κ2) is 8.97. The van der Waals surface area contributed by atoms with E-state index in [1.807, 2.05) is 40.1 Å². The summed E-state index contributed by atoms with van der Waals surface area (Å²) in [5.41, 5.74) is 0.712. The zero-order chi connectivity index (χ0) is 20.2. The van der Waals surface area contributed by atoms with Crippen LogP contribution in [0.2, 0.25) is 0 Å². The molecule has 3 fully saturated rings. The summed E-state index contributed by atoms with van der Waals surface area (Å²) in [7, 11) is 0. The molecule has 0 radical (unpaired) electrons. The van der Waals surface area contributed by atoms with Crippen LogP contribution in [-0.4, -0.2) is 71.2 Å². The van der Waals surface area contributed by atoms with Crippen molar-refractivity contribution in [1.82, 2.24) is 14.7 Å². The molecule has 1 unspecified atom stereocenters. The lowest BCUT2D eigenvalue weighted by Gasteiger charge is -2.41. The van der Waals surface area contributed by atoms with Crippen LogP contribution in [0.4, 0.5) is 0 Å². The van der Waals surface area contributed by atoms with E-state index in [-0.39, 0.29) is 29.7 Å². The van der Waals surface area contributed by atoms with Crippen molar-refractivity contribution < 1.29 is 14.4 Å². The van der Waals surface area contributed by atoms with Crippen LogP contribution < -0.4 is 0 Å². The Balaban J connectivity index is 1.34. The first-order valence-corrected chi connectivity index (χ1v) is 11.1. The van der Waals surface area contributed by atoms with Gasteiger partial charge in [-0.1, -0.05) is 18.2 Å². The minimum Gasteiger partial charge on any atom is -0.341 e. The average molecular weight is 398 g/mol. The van der Waals surface area contributed by atoms with Crippen LogP contribution in [0.1, 0.15) is 55.3 Å². The Kier molecular flexibility index (Phi) is 6.16. The summed E-state index contributed by atoms with van der Waals surface area (Å²) in [5.74, 6) is 0.508. The lowest BCUT2D eigenvalue weighted by atomic mass is 9.92. The standard InChI is InChI=1S/C23H31N3O3/c27-21-10-6-13-25(21)17-20-9-4-5-14-26(20)23(29)19-11-15-24(16-12-19)22(28)18-7-2-1-3-8-18/h1-3,7-8,19-20H,4-6,9-17H2. The molecule has 3 heterocycles. The number of nitrogens with zero attached hydrogens (tertiary/aromatic N) is 3. The van der Waals surface area contributed by atoms with E-state index in [1.54, 1.807) is 0 Å².